The van der Waals surface area contributed by atoms with Crippen molar-refractivity contribution in [3.05, 3.63) is 42.1 Å². The van der Waals surface area contributed by atoms with E-state index in [9.17, 15) is 14.7 Å². The number of ether oxygens (including phenoxy) is 2. The molecule has 3 aromatic heterocycles. The Morgan fingerprint density at radius 3 is 2.78 bits per heavy atom. The van der Waals surface area contributed by atoms with Crippen LogP contribution in [0.25, 0.3) is 11.0 Å². The van der Waals surface area contributed by atoms with Gasteiger partial charge in [-0.1, -0.05) is 0 Å². The van der Waals surface area contributed by atoms with Gasteiger partial charge in [-0.15, -0.1) is 11.8 Å². The summed E-state index contributed by atoms with van der Waals surface area (Å²) in [6, 6.07) is 8.87. The molecular formula is C25H27N5O5S. The lowest BCUT2D eigenvalue weighted by Crippen LogP contribution is -2.41. The zero-order valence-corrected chi connectivity index (χ0v) is 20.6. The lowest BCUT2D eigenvalue weighted by atomic mass is 9.81. The van der Waals surface area contributed by atoms with Gasteiger partial charge in [-0.3, -0.25) is 9.78 Å². The summed E-state index contributed by atoms with van der Waals surface area (Å²) < 4.78 is 10.6. The van der Waals surface area contributed by atoms with Crippen molar-refractivity contribution in [1.82, 2.24) is 20.3 Å². The number of aliphatic hydroxyl groups excluding tert-OH is 1. The second-order valence-electron chi connectivity index (χ2n) is 8.94. The quantitative estimate of drug-likeness (QED) is 0.457. The molecule has 0 saturated heterocycles. The SMILES string of the molecule is COc1ccc2nccc(C[C@H](O)C3CCC(NC(=O)Oc4ccc5c(n4)NC(=O)CS5)CC3)c2n1. The molecule has 2 aliphatic rings. The number of pyridine rings is 3. The molecule has 188 valence electrons. The van der Waals surface area contributed by atoms with Crippen LogP contribution in [0.15, 0.2) is 41.4 Å². The molecule has 1 atom stereocenters. The van der Waals surface area contributed by atoms with Crippen molar-refractivity contribution in [1.29, 1.82) is 0 Å². The molecule has 36 heavy (non-hydrogen) atoms. The van der Waals surface area contributed by atoms with Crippen LogP contribution < -0.4 is 20.1 Å². The first-order valence-electron chi connectivity index (χ1n) is 11.9. The van der Waals surface area contributed by atoms with E-state index < -0.39 is 12.2 Å². The van der Waals surface area contributed by atoms with Crippen LogP contribution >= 0.6 is 11.8 Å². The maximum Gasteiger partial charge on any atom is 0.414 e. The lowest BCUT2D eigenvalue weighted by molar-refractivity contribution is -0.113. The monoisotopic (exact) mass is 509 g/mol. The van der Waals surface area contributed by atoms with Gasteiger partial charge in [0, 0.05) is 30.8 Å². The van der Waals surface area contributed by atoms with Gasteiger partial charge in [0.25, 0.3) is 0 Å². The highest BCUT2D eigenvalue weighted by Crippen LogP contribution is 2.32. The molecule has 10 nitrogen and oxygen atoms in total. The number of anilines is 1. The summed E-state index contributed by atoms with van der Waals surface area (Å²) in [4.78, 5) is 37.9. The summed E-state index contributed by atoms with van der Waals surface area (Å²) in [5, 5.41) is 16.5. The molecule has 0 aromatic carbocycles. The smallest absolute Gasteiger partial charge is 0.414 e. The van der Waals surface area contributed by atoms with E-state index in [1.54, 1.807) is 31.5 Å². The molecule has 0 spiro atoms. The molecule has 4 heterocycles. The Labute approximate surface area is 212 Å². The minimum absolute atomic E-state index is 0.0403. The number of rotatable bonds is 6. The third kappa shape index (κ3) is 5.52. The molecule has 3 aromatic rings. The topological polar surface area (TPSA) is 136 Å². The largest absolute Gasteiger partial charge is 0.481 e. The molecule has 0 radical (unpaired) electrons. The van der Waals surface area contributed by atoms with E-state index in [-0.39, 0.29) is 23.7 Å². The third-order valence-electron chi connectivity index (χ3n) is 6.56. The van der Waals surface area contributed by atoms with Gasteiger partial charge in [0.05, 0.1) is 34.9 Å². The minimum atomic E-state index is -0.579. The Morgan fingerprint density at radius 2 is 1.97 bits per heavy atom. The average molecular weight is 510 g/mol. The maximum atomic E-state index is 12.4. The zero-order chi connectivity index (χ0) is 25.1. The molecule has 1 aliphatic carbocycles. The summed E-state index contributed by atoms with van der Waals surface area (Å²) in [7, 11) is 1.57. The van der Waals surface area contributed by atoms with Crippen LogP contribution in [0, 0.1) is 5.92 Å². The summed E-state index contributed by atoms with van der Waals surface area (Å²) in [6.07, 6.45) is 4.15. The van der Waals surface area contributed by atoms with Crippen LogP contribution in [0.3, 0.4) is 0 Å². The van der Waals surface area contributed by atoms with E-state index in [1.165, 1.54) is 11.8 Å². The van der Waals surface area contributed by atoms with Crippen molar-refractivity contribution in [3.63, 3.8) is 0 Å². The van der Waals surface area contributed by atoms with Gasteiger partial charge < -0.3 is 25.2 Å². The number of methoxy groups -OCH3 is 1. The second-order valence-corrected chi connectivity index (χ2v) is 9.96. The predicted octanol–water partition coefficient (Wildman–Crippen LogP) is 3.33. The van der Waals surface area contributed by atoms with Gasteiger partial charge in [-0.2, -0.15) is 4.98 Å². The average Bonchev–Trinajstić information content (AvgIpc) is 2.88. The second kappa shape index (κ2) is 10.7. The van der Waals surface area contributed by atoms with Crippen molar-refractivity contribution in [2.75, 3.05) is 18.2 Å². The molecule has 3 N–H and O–H groups in total. The Bertz CT molecular complexity index is 1280. The van der Waals surface area contributed by atoms with Crippen molar-refractivity contribution in [3.8, 4) is 11.8 Å². The van der Waals surface area contributed by atoms with Crippen molar-refractivity contribution < 1.29 is 24.2 Å². The number of nitrogens with zero attached hydrogens (tertiary/aromatic N) is 3. The highest BCUT2D eigenvalue weighted by atomic mass is 32.2. The van der Waals surface area contributed by atoms with Crippen LogP contribution in [0.1, 0.15) is 31.2 Å². The highest BCUT2D eigenvalue weighted by Gasteiger charge is 2.28. The first-order valence-corrected chi connectivity index (χ1v) is 12.9. The number of thioether (sulfide) groups is 1. The zero-order valence-electron chi connectivity index (χ0n) is 19.8. The minimum Gasteiger partial charge on any atom is -0.481 e. The van der Waals surface area contributed by atoms with Crippen LogP contribution in [0.4, 0.5) is 10.6 Å². The number of amides is 2. The number of hydrogen-bond donors (Lipinski definition) is 3. The number of carbonyl (C=O) groups excluding carboxylic acids is 2. The Morgan fingerprint density at radius 1 is 1.17 bits per heavy atom. The summed E-state index contributed by atoms with van der Waals surface area (Å²) in [5.41, 5.74) is 2.44. The van der Waals surface area contributed by atoms with Crippen molar-refractivity contribution in [2.24, 2.45) is 5.92 Å². The lowest BCUT2D eigenvalue weighted by Gasteiger charge is -2.31. The number of aromatic nitrogens is 3. The van der Waals surface area contributed by atoms with E-state index in [2.05, 4.69) is 25.6 Å². The van der Waals surface area contributed by atoms with E-state index in [0.717, 1.165) is 47.2 Å². The van der Waals surface area contributed by atoms with Crippen molar-refractivity contribution >= 4 is 40.6 Å². The first kappa shape index (κ1) is 24.3. The van der Waals surface area contributed by atoms with Crippen LogP contribution in [-0.2, 0) is 11.2 Å². The molecule has 2 amide bonds. The predicted molar refractivity (Wildman–Crippen MR) is 134 cm³/mol. The molecule has 1 fully saturated rings. The van der Waals surface area contributed by atoms with Gasteiger partial charge in [0.1, 0.15) is 5.82 Å². The van der Waals surface area contributed by atoms with Crippen LogP contribution in [-0.4, -0.2) is 57.1 Å². The van der Waals surface area contributed by atoms with E-state index >= 15 is 0 Å². The first-order chi connectivity index (χ1) is 17.5. The summed E-state index contributed by atoms with van der Waals surface area (Å²) in [5.74, 6) is 1.39. The Hall–Kier alpha value is -3.44. The van der Waals surface area contributed by atoms with E-state index in [4.69, 9.17) is 9.47 Å². The van der Waals surface area contributed by atoms with Gasteiger partial charge >= 0.3 is 6.09 Å². The highest BCUT2D eigenvalue weighted by molar-refractivity contribution is 8.00. The molecule has 0 unspecified atom stereocenters. The molecular weight excluding hydrogens is 482 g/mol. The van der Waals surface area contributed by atoms with E-state index in [0.29, 0.717) is 23.9 Å². The van der Waals surface area contributed by atoms with Gasteiger partial charge in [0.15, 0.2) is 0 Å². The third-order valence-corrected chi connectivity index (χ3v) is 7.61. The summed E-state index contributed by atoms with van der Waals surface area (Å²) >= 11 is 1.39. The van der Waals surface area contributed by atoms with Gasteiger partial charge in [-0.25, -0.2) is 9.78 Å². The normalized spacial score (nSPS) is 20.2. The fourth-order valence-corrected chi connectivity index (χ4v) is 5.43. The maximum absolute atomic E-state index is 12.4. The number of carbonyl (C=O) groups is 2. The molecule has 11 heteroatoms. The fourth-order valence-electron chi connectivity index (χ4n) is 4.67. The van der Waals surface area contributed by atoms with Crippen molar-refractivity contribution in [2.45, 2.75) is 49.1 Å². The Kier molecular flexibility index (Phi) is 7.19. The number of aliphatic hydroxyl groups is 1. The molecule has 1 aliphatic heterocycles. The number of hydrogen-bond acceptors (Lipinski definition) is 9. The van der Waals surface area contributed by atoms with Crippen LogP contribution in [0.5, 0.6) is 11.8 Å². The molecule has 0 bridgehead atoms. The summed E-state index contributed by atoms with van der Waals surface area (Å²) in [6.45, 7) is 0. The Balaban J connectivity index is 1.13. The van der Waals surface area contributed by atoms with Crippen LogP contribution in [0.2, 0.25) is 0 Å². The number of nitrogens with one attached hydrogen (secondary N) is 2. The van der Waals surface area contributed by atoms with E-state index in [1.807, 2.05) is 12.1 Å². The fraction of sp³-hybridized carbons (Fsp3) is 0.400. The van der Waals surface area contributed by atoms with Gasteiger partial charge in [0.2, 0.25) is 17.7 Å². The number of fused-ring (bicyclic) bond motifs is 2. The molecule has 5 rings (SSSR count). The van der Waals surface area contributed by atoms with Gasteiger partial charge in [-0.05, 0) is 55.4 Å². The standard InChI is InChI=1S/C25H27N5O5S/c1-34-21-8-6-17-23(29-21)15(10-11-26-17)12-18(31)14-2-4-16(5-3-14)27-25(33)35-22-9-7-19-24(30-22)28-20(32)13-36-19/h6-11,14,16,18,31H,2-5,12-13H2,1H3,(H,27,33)(H,28,30,32)/t14?,16?,18-/m0/s1. The molecule has 1 saturated carbocycles.